The number of nitrogens with zero attached hydrogens (tertiary/aromatic N) is 2. The molecule has 2 amide bonds. The third-order valence-electron chi connectivity index (χ3n) is 6.06. The van der Waals surface area contributed by atoms with E-state index in [1.54, 1.807) is 23.6 Å². The van der Waals surface area contributed by atoms with Gasteiger partial charge in [-0.05, 0) is 64.8 Å². The van der Waals surface area contributed by atoms with Crippen LogP contribution in [0.15, 0.2) is 53.7 Å². The number of amides is 2. The fraction of sp³-hybridized carbons (Fsp3) is 0.444. The number of pyridine rings is 1. The number of nitrogens with one attached hydrogen (secondary N) is 3. The van der Waals surface area contributed by atoms with Gasteiger partial charge in [0.15, 0.2) is 4.90 Å². The van der Waals surface area contributed by atoms with E-state index in [-0.39, 0.29) is 17.6 Å². The summed E-state index contributed by atoms with van der Waals surface area (Å²) in [6.45, 7) is 7.82. The molecule has 0 spiro atoms. The molecule has 36 heavy (non-hydrogen) atoms. The molecule has 0 saturated heterocycles. The maximum Gasteiger partial charge on any atom is 0.319 e. The van der Waals surface area contributed by atoms with Crippen LogP contribution < -0.4 is 15.4 Å². The van der Waals surface area contributed by atoms with Crippen molar-refractivity contribution in [3.63, 3.8) is 0 Å². The van der Waals surface area contributed by atoms with Crippen LogP contribution in [0.4, 0.5) is 10.5 Å². The van der Waals surface area contributed by atoms with Gasteiger partial charge >= 0.3 is 6.03 Å². The van der Waals surface area contributed by atoms with Crippen LogP contribution in [0.3, 0.4) is 0 Å². The van der Waals surface area contributed by atoms with Gasteiger partial charge < -0.3 is 15.2 Å². The highest BCUT2D eigenvalue weighted by Crippen LogP contribution is 2.39. The Morgan fingerprint density at radius 1 is 1.14 bits per heavy atom. The molecule has 0 radical (unpaired) electrons. The van der Waals surface area contributed by atoms with Crippen molar-refractivity contribution in [2.75, 3.05) is 5.32 Å². The molecule has 0 aliphatic heterocycles. The molecule has 192 valence electrons. The lowest BCUT2D eigenvalue weighted by Gasteiger charge is -2.23. The zero-order chi connectivity index (χ0) is 25.7. The molecule has 1 aliphatic rings. The van der Waals surface area contributed by atoms with Crippen LogP contribution in [0.2, 0.25) is 0 Å². The molecular weight excluding hydrogens is 490 g/mol. The number of hydrogen-bond donors (Lipinski definition) is 3. The van der Waals surface area contributed by atoms with E-state index in [2.05, 4.69) is 20.3 Å². The first kappa shape index (κ1) is 26.6. The quantitative estimate of drug-likeness (QED) is 0.304. The van der Waals surface area contributed by atoms with Gasteiger partial charge in [0.2, 0.25) is 0 Å². The van der Waals surface area contributed by atoms with Crippen molar-refractivity contribution in [2.24, 2.45) is 0 Å². The van der Waals surface area contributed by atoms with Crippen LogP contribution in [0.25, 0.3) is 10.4 Å². The number of hydrogen-bond acceptors (Lipinski definition) is 6. The van der Waals surface area contributed by atoms with Gasteiger partial charge in [-0.3, -0.25) is 4.98 Å². The highest BCUT2D eigenvalue weighted by atomic mass is 32.2. The minimum absolute atomic E-state index is 0.253. The minimum Gasteiger partial charge on any atom is -0.593 e. The van der Waals surface area contributed by atoms with Crippen LogP contribution in [0.1, 0.15) is 82.5 Å². The predicted octanol–water partition coefficient (Wildman–Crippen LogP) is 6.55. The molecule has 0 bridgehead atoms. The summed E-state index contributed by atoms with van der Waals surface area (Å²) in [6, 6.07) is 10.6. The van der Waals surface area contributed by atoms with E-state index in [0.717, 1.165) is 21.1 Å². The maximum atomic E-state index is 13.4. The number of carbonyl (C=O) groups excluding carboxylic acids is 1. The molecule has 1 aromatic carbocycles. The smallest absolute Gasteiger partial charge is 0.319 e. The Balaban J connectivity index is 1.56. The lowest BCUT2D eigenvalue weighted by Crippen LogP contribution is -2.40. The molecule has 2 atom stereocenters. The topological polar surface area (TPSA) is 102 Å². The second-order valence-electron chi connectivity index (χ2n) is 10.3. The normalized spacial score (nSPS) is 16.4. The average Bonchev–Trinajstić information content (AvgIpc) is 3.34. The Hall–Kier alpha value is -2.46. The van der Waals surface area contributed by atoms with E-state index >= 15 is 0 Å². The van der Waals surface area contributed by atoms with Gasteiger partial charge in [0, 0.05) is 30.1 Å². The average molecular weight is 526 g/mol. The largest absolute Gasteiger partial charge is 0.593 e. The monoisotopic (exact) mass is 525 g/mol. The first-order valence-corrected chi connectivity index (χ1v) is 14.4. The van der Waals surface area contributed by atoms with E-state index < -0.39 is 11.4 Å². The Morgan fingerprint density at radius 3 is 2.61 bits per heavy atom. The standard InChI is InChI=1S/C27H35N5O2S2/c1-18(22-12-8-9-15-28-22)30-26(33)31-20-13-14-21(24(16-20)36(34)32-27(2,3)4)23-17-29-25(35-23)19-10-6-5-7-11-19/h8-9,12-19,32H,5-7,10-11H2,1-4H3,(H2,30,31,33). The molecular formula is C27H35N5O2S2. The van der Waals surface area contributed by atoms with E-state index in [4.69, 9.17) is 4.98 Å². The third-order valence-corrected chi connectivity index (χ3v) is 8.79. The summed E-state index contributed by atoms with van der Waals surface area (Å²) in [6.07, 6.45) is 9.79. The Bertz CT molecular complexity index is 1160. The minimum atomic E-state index is -1.48. The number of carbonyl (C=O) groups is 1. The van der Waals surface area contributed by atoms with Crippen LogP contribution in [0, 0.1) is 0 Å². The van der Waals surface area contributed by atoms with Crippen molar-refractivity contribution in [3.8, 4) is 10.4 Å². The van der Waals surface area contributed by atoms with Gasteiger partial charge in [0.05, 0.1) is 44.1 Å². The van der Waals surface area contributed by atoms with Gasteiger partial charge in [-0.2, -0.15) is 0 Å². The second kappa shape index (κ2) is 11.7. The van der Waals surface area contributed by atoms with Gasteiger partial charge in [0.1, 0.15) is 0 Å². The summed E-state index contributed by atoms with van der Waals surface area (Å²) in [5.74, 6) is 0.518. The fourth-order valence-corrected chi connectivity index (χ4v) is 6.78. The number of aromatic nitrogens is 2. The van der Waals surface area contributed by atoms with Crippen LogP contribution in [-0.2, 0) is 11.4 Å². The fourth-order valence-electron chi connectivity index (χ4n) is 4.31. The maximum absolute atomic E-state index is 13.4. The van der Waals surface area contributed by atoms with Crippen molar-refractivity contribution in [1.29, 1.82) is 0 Å². The Morgan fingerprint density at radius 2 is 1.92 bits per heavy atom. The van der Waals surface area contributed by atoms with Crippen LogP contribution in [-0.4, -0.2) is 26.1 Å². The van der Waals surface area contributed by atoms with Crippen molar-refractivity contribution >= 4 is 34.4 Å². The Labute approximate surface area is 220 Å². The van der Waals surface area contributed by atoms with Crippen molar-refractivity contribution in [1.82, 2.24) is 20.0 Å². The van der Waals surface area contributed by atoms with Crippen LogP contribution >= 0.6 is 11.3 Å². The molecule has 9 heteroatoms. The summed E-state index contributed by atoms with van der Waals surface area (Å²) >= 11 is 0.209. The molecule has 3 N–H and O–H groups in total. The van der Waals surface area contributed by atoms with E-state index in [1.165, 1.54) is 32.1 Å². The first-order chi connectivity index (χ1) is 17.2. The summed E-state index contributed by atoms with van der Waals surface area (Å²) in [5.41, 5.74) is 1.87. The van der Waals surface area contributed by atoms with Crippen molar-refractivity contribution in [2.45, 2.75) is 82.2 Å². The molecule has 2 aromatic heterocycles. The van der Waals surface area contributed by atoms with Gasteiger partial charge in [-0.15, -0.1) is 16.1 Å². The summed E-state index contributed by atoms with van der Waals surface area (Å²) in [5, 5.41) is 6.95. The SMILES string of the molecule is CC(NC(=O)Nc1ccc(-c2cnc(C3CCCCC3)s2)c([S+]([O-])NC(C)(C)C)c1)c1ccccn1. The second-order valence-corrected chi connectivity index (χ2v) is 12.5. The lowest BCUT2D eigenvalue weighted by atomic mass is 9.90. The van der Waals surface area contributed by atoms with Gasteiger partial charge in [-0.25, -0.2) is 9.78 Å². The molecule has 2 heterocycles. The zero-order valence-corrected chi connectivity index (χ0v) is 23.0. The summed E-state index contributed by atoms with van der Waals surface area (Å²) in [7, 11) is 0. The van der Waals surface area contributed by atoms with E-state index in [9.17, 15) is 9.35 Å². The van der Waals surface area contributed by atoms with E-state index in [0.29, 0.717) is 16.5 Å². The zero-order valence-electron chi connectivity index (χ0n) is 21.3. The first-order valence-electron chi connectivity index (χ1n) is 12.5. The molecule has 1 fully saturated rings. The Kier molecular flexibility index (Phi) is 8.66. The van der Waals surface area contributed by atoms with Gasteiger partial charge in [0.25, 0.3) is 0 Å². The summed E-state index contributed by atoms with van der Waals surface area (Å²) < 4.78 is 16.6. The van der Waals surface area contributed by atoms with Crippen LogP contribution in [0.5, 0.6) is 0 Å². The number of urea groups is 1. The predicted molar refractivity (Wildman–Crippen MR) is 147 cm³/mol. The molecule has 3 aromatic rings. The number of anilines is 1. The molecule has 2 unspecified atom stereocenters. The number of rotatable bonds is 7. The highest BCUT2D eigenvalue weighted by Gasteiger charge is 2.27. The summed E-state index contributed by atoms with van der Waals surface area (Å²) in [4.78, 5) is 23.3. The molecule has 1 saturated carbocycles. The third kappa shape index (κ3) is 7.06. The van der Waals surface area contributed by atoms with Crippen molar-refractivity contribution < 1.29 is 9.35 Å². The van der Waals surface area contributed by atoms with Crippen molar-refractivity contribution in [3.05, 3.63) is 59.5 Å². The van der Waals surface area contributed by atoms with Gasteiger partial charge in [-0.1, -0.05) is 25.3 Å². The molecule has 4 rings (SSSR count). The lowest BCUT2D eigenvalue weighted by molar-refractivity contribution is 0.249. The molecule has 7 nitrogen and oxygen atoms in total. The number of thiazole rings is 1. The molecule has 1 aliphatic carbocycles. The highest BCUT2D eigenvalue weighted by molar-refractivity contribution is 7.89. The number of benzene rings is 1. The van der Waals surface area contributed by atoms with E-state index in [1.807, 2.05) is 64.2 Å².